The third-order valence-electron chi connectivity index (χ3n) is 1.91. The van der Waals surface area contributed by atoms with Crippen LogP contribution in [0.3, 0.4) is 0 Å². The predicted octanol–water partition coefficient (Wildman–Crippen LogP) is 2.49. The number of alkyl halides is 1. The summed E-state index contributed by atoms with van der Waals surface area (Å²) in [6.45, 7) is 2.56. The van der Waals surface area contributed by atoms with Crippen molar-refractivity contribution in [3.8, 4) is 0 Å². The van der Waals surface area contributed by atoms with Gasteiger partial charge in [0.15, 0.2) is 5.76 Å². The van der Waals surface area contributed by atoms with E-state index < -0.39 is 0 Å². The molecule has 0 aliphatic heterocycles. The number of carbonyl (C=O) groups is 1. The van der Waals surface area contributed by atoms with Crippen molar-refractivity contribution in [2.24, 2.45) is 0 Å². The second kappa shape index (κ2) is 5.86. The topological polar surface area (TPSA) is 42.2 Å². The van der Waals surface area contributed by atoms with Crippen molar-refractivity contribution in [1.82, 2.24) is 5.32 Å². The molecule has 0 aliphatic rings. The molecule has 0 spiro atoms. The summed E-state index contributed by atoms with van der Waals surface area (Å²) in [5.41, 5.74) is 0.878. The van der Waals surface area contributed by atoms with Crippen LogP contribution in [0.1, 0.15) is 29.0 Å². The largest absolute Gasteiger partial charge is 0.459 e. The Bertz CT molecular complexity index is 296. The standard InChI is InChI=1S/C10H14BrNO2/c1-8-4-7-14-9(8)10(13)12-6-3-2-5-11/h4,7H,2-3,5-6H2,1H3,(H,12,13). The summed E-state index contributed by atoms with van der Waals surface area (Å²) in [6.07, 6.45) is 3.58. The van der Waals surface area contributed by atoms with E-state index in [9.17, 15) is 4.79 Å². The molecule has 0 fully saturated rings. The molecule has 0 unspecified atom stereocenters. The van der Waals surface area contributed by atoms with Crippen LogP contribution in [-0.4, -0.2) is 17.8 Å². The molecule has 1 aromatic rings. The lowest BCUT2D eigenvalue weighted by Gasteiger charge is -2.02. The molecule has 14 heavy (non-hydrogen) atoms. The number of nitrogens with one attached hydrogen (secondary N) is 1. The van der Waals surface area contributed by atoms with Crippen LogP contribution < -0.4 is 5.32 Å². The van der Waals surface area contributed by atoms with Crippen molar-refractivity contribution in [2.75, 3.05) is 11.9 Å². The molecule has 0 saturated carbocycles. The molecule has 1 N–H and O–H groups in total. The van der Waals surface area contributed by atoms with Crippen molar-refractivity contribution in [1.29, 1.82) is 0 Å². The number of hydrogen-bond donors (Lipinski definition) is 1. The second-order valence-electron chi connectivity index (χ2n) is 3.08. The molecule has 0 atom stereocenters. The maximum atomic E-state index is 11.5. The zero-order valence-corrected chi connectivity index (χ0v) is 9.76. The van der Waals surface area contributed by atoms with Crippen LogP contribution in [0.5, 0.6) is 0 Å². The van der Waals surface area contributed by atoms with Gasteiger partial charge in [-0.25, -0.2) is 0 Å². The van der Waals surface area contributed by atoms with Crippen molar-refractivity contribution >= 4 is 21.8 Å². The van der Waals surface area contributed by atoms with E-state index in [0.717, 1.165) is 23.7 Å². The van der Waals surface area contributed by atoms with Gasteiger partial charge in [-0.2, -0.15) is 0 Å². The van der Waals surface area contributed by atoms with Crippen LogP contribution in [-0.2, 0) is 0 Å². The lowest BCUT2D eigenvalue weighted by atomic mass is 10.2. The van der Waals surface area contributed by atoms with Gasteiger partial charge in [-0.3, -0.25) is 4.79 Å². The van der Waals surface area contributed by atoms with Crippen LogP contribution >= 0.6 is 15.9 Å². The third kappa shape index (κ3) is 3.18. The first kappa shape index (κ1) is 11.3. The first-order valence-electron chi connectivity index (χ1n) is 4.64. The van der Waals surface area contributed by atoms with Gasteiger partial charge >= 0.3 is 0 Å². The van der Waals surface area contributed by atoms with E-state index in [-0.39, 0.29) is 5.91 Å². The number of hydrogen-bond acceptors (Lipinski definition) is 2. The van der Waals surface area contributed by atoms with Gasteiger partial charge < -0.3 is 9.73 Å². The Kier molecular flexibility index (Phi) is 4.73. The van der Waals surface area contributed by atoms with Gasteiger partial charge in [0.05, 0.1) is 6.26 Å². The molecule has 1 amide bonds. The quantitative estimate of drug-likeness (QED) is 0.652. The van der Waals surface area contributed by atoms with Gasteiger partial charge in [0, 0.05) is 17.4 Å². The third-order valence-corrected chi connectivity index (χ3v) is 2.48. The van der Waals surface area contributed by atoms with E-state index >= 15 is 0 Å². The second-order valence-corrected chi connectivity index (χ2v) is 3.88. The molecule has 0 aromatic carbocycles. The maximum Gasteiger partial charge on any atom is 0.287 e. The van der Waals surface area contributed by atoms with Gasteiger partial charge in [-0.15, -0.1) is 0 Å². The zero-order chi connectivity index (χ0) is 10.4. The Morgan fingerprint density at radius 1 is 1.57 bits per heavy atom. The average Bonchev–Trinajstić information content (AvgIpc) is 2.59. The molecule has 1 aromatic heterocycles. The van der Waals surface area contributed by atoms with Crippen LogP contribution in [0.2, 0.25) is 0 Å². The number of carbonyl (C=O) groups excluding carboxylic acids is 1. The van der Waals surface area contributed by atoms with Crippen LogP contribution in [0.15, 0.2) is 16.7 Å². The Hall–Kier alpha value is -0.770. The summed E-state index contributed by atoms with van der Waals surface area (Å²) in [6, 6.07) is 1.79. The first-order chi connectivity index (χ1) is 6.75. The van der Waals surface area contributed by atoms with Crippen molar-refractivity contribution in [2.45, 2.75) is 19.8 Å². The minimum atomic E-state index is -0.123. The summed E-state index contributed by atoms with van der Waals surface area (Å²) in [7, 11) is 0. The molecule has 0 aliphatic carbocycles. The molecule has 3 nitrogen and oxygen atoms in total. The van der Waals surface area contributed by atoms with E-state index in [1.165, 1.54) is 6.26 Å². The number of halogens is 1. The van der Waals surface area contributed by atoms with Crippen molar-refractivity contribution < 1.29 is 9.21 Å². The summed E-state index contributed by atoms with van der Waals surface area (Å²) < 4.78 is 5.06. The summed E-state index contributed by atoms with van der Waals surface area (Å²) in [5.74, 6) is 0.297. The summed E-state index contributed by atoms with van der Waals surface area (Å²) in [4.78, 5) is 11.5. The van der Waals surface area contributed by atoms with Gasteiger partial charge in [-0.05, 0) is 25.8 Å². The molecule has 1 heterocycles. The summed E-state index contributed by atoms with van der Waals surface area (Å²) in [5, 5.41) is 3.78. The first-order valence-corrected chi connectivity index (χ1v) is 5.76. The normalized spacial score (nSPS) is 10.1. The van der Waals surface area contributed by atoms with E-state index in [1.807, 2.05) is 6.92 Å². The highest BCUT2D eigenvalue weighted by Gasteiger charge is 2.10. The van der Waals surface area contributed by atoms with E-state index in [1.54, 1.807) is 6.07 Å². The average molecular weight is 260 g/mol. The number of furan rings is 1. The Labute approximate surface area is 92.0 Å². The smallest absolute Gasteiger partial charge is 0.287 e. The fraction of sp³-hybridized carbons (Fsp3) is 0.500. The van der Waals surface area contributed by atoms with Gasteiger partial charge in [0.25, 0.3) is 5.91 Å². The zero-order valence-electron chi connectivity index (χ0n) is 8.18. The maximum absolute atomic E-state index is 11.5. The molecule has 4 heteroatoms. The number of amides is 1. The Morgan fingerprint density at radius 3 is 2.93 bits per heavy atom. The molecule has 1 rings (SSSR count). The molecular weight excluding hydrogens is 246 g/mol. The highest BCUT2D eigenvalue weighted by atomic mass is 79.9. The van der Waals surface area contributed by atoms with E-state index in [4.69, 9.17) is 4.42 Å². The SMILES string of the molecule is Cc1ccoc1C(=O)NCCCCBr. The van der Waals surface area contributed by atoms with Crippen LogP contribution in [0.25, 0.3) is 0 Å². The molecule has 0 radical (unpaired) electrons. The van der Waals surface area contributed by atoms with Crippen LogP contribution in [0.4, 0.5) is 0 Å². The van der Waals surface area contributed by atoms with Gasteiger partial charge in [0.1, 0.15) is 0 Å². The Morgan fingerprint density at radius 2 is 2.36 bits per heavy atom. The van der Waals surface area contributed by atoms with Gasteiger partial charge in [-0.1, -0.05) is 15.9 Å². The van der Waals surface area contributed by atoms with Crippen molar-refractivity contribution in [3.63, 3.8) is 0 Å². The highest BCUT2D eigenvalue weighted by Crippen LogP contribution is 2.07. The van der Waals surface area contributed by atoms with Gasteiger partial charge in [0.2, 0.25) is 0 Å². The fourth-order valence-corrected chi connectivity index (χ4v) is 1.50. The molecule has 0 bridgehead atoms. The highest BCUT2D eigenvalue weighted by molar-refractivity contribution is 9.09. The fourth-order valence-electron chi connectivity index (χ4n) is 1.11. The monoisotopic (exact) mass is 259 g/mol. The molecule has 78 valence electrons. The predicted molar refractivity (Wildman–Crippen MR) is 58.8 cm³/mol. The van der Waals surface area contributed by atoms with Crippen molar-refractivity contribution in [3.05, 3.63) is 23.7 Å². The number of unbranched alkanes of at least 4 members (excludes halogenated alkanes) is 1. The van der Waals surface area contributed by atoms with E-state index in [0.29, 0.717) is 12.3 Å². The van der Waals surface area contributed by atoms with Crippen LogP contribution in [0, 0.1) is 6.92 Å². The lowest BCUT2D eigenvalue weighted by Crippen LogP contribution is -2.24. The number of rotatable bonds is 5. The molecule has 0 saturated heterocycles. The summed E-state index contributed by atoms with van der Waals surface area (Å²) >= 11 is 3.34. The molecular formula is C10H14BrNO2. The number of aryl methyl sites for hydroxylation is 1. The van der Waals surface area contributed by atoms with E-state index in [2.05, 4.69) is 21.2 Å². The minimum Gasteiger partial charge on any atom is -0.459 e. The Balaban J connectivity index is 2.32. The minimum absolute atomic E-state index is 0.123. The lowest BCUT2D eigenvalue weighted by molar-refractivity contribution is 0.0924.